The fraction of sp³-hybridized carbons (Fsp3) is 0.231. The summed E-state index contributed by atoms with van der Waals surface area (Å²) in [5.74, 6) is -0.239. The van der Waals surface area contributed by atoms with E-state index >= 15 is 0 Å². The molecule has 0 atom stereocenters. The number of aryl methyl sites for hydroxylation is 2. The highest BCUT2D eigenvalue weighted by atomic mass is 16.5. The minimum Gasteiger partial charge on any atom is -0.508 e. The van der Waals surface area contributed by atoms with Gasteiger partial charge in [-0.2, -0.15) is 5.10 Å². The van der Waals surface area contributed by atoms with Crippen molar-refractivity contribution in [2.75, 3.05) is 0 Å². The number of hydrogen-bond acceptors (Lipinski definition) is 4. The van der Waals surface area contributed by atoms with Crippen LogP contribution < -0.4 is 4.74 Å². The Morgan fingerprint density at radius 1 is 1.12 bits per heavy atom. The Kier molecular flexibility index (Phi) is 5.05. The molecule has 0 radical (unpaired) electrons. The van der Waals surface area contributed by atoms with Gasteiger partial charge in [-0.25, -0.2) is 0 Å². The first-order valence-corrected chi connectivity index (χ1v) is 10.7. The summed E-state index contributed by atoms with van der Waals surface area (Å²) in [6.07, 6.45) is 3.64. The second kappa shape index (κ2) is 8.04. The molecule has 5 rings (SSSR count). The van der Waals surface area contributed by atoms with Crippen molar-refractivity contribution in [3.63, 3.8) is 0 Å². The lowest BCUT2D eigenvalue weighted by Crippen LogP contribution is -2.17. The van der Waals surface area contributed by atoms with Gasteiger partial charge in [0.15, 0.2) is 0 Å². The molecule has 1 aliphatic rings. The first-order valence-electron chi connectivity index (χ1n) is 10.7. The third kappa shape index (κ3) is 3.80. The van der Waals surface area contributed by atoms with Gasteiger partial charge in [-0.3, -0.25) is 9.48 Å². The van der Waals surface area contributed by atoms with Gasteiger partial charge in [0.2, 0.25) is 0 Å². The largest absolute Gasteiger partial charge is 0.508 e. The van der Waals surface area contributed by atoms with Crippen LogP contribution in [0.25, 0.3) is 22.0 Å². The van der Waals surface area contributed by atoms with Crippen LogP contribution in [0.5, 0.6) is 11.5 Å². The second-order valence-electron chi connectivity index (χ2n) is 8.33. The molecule has 0 spiro atoms. The van der Waals surface area contributed by atoms with Gasteiger partial charge >= 0.3 is 5.97 Å². The van der Waals surface area contributed by atoms with E-state index < -0.39 is 5.97 Å². The van der Waals surface area contributed by atoms with Crippen LogP contribution in [0, 0.1) is 0 Å². The maximum Gasteiger partial charge on any atom is 0.303 e. The number of aliphatic carboxylic acids is 1. The molecule has 0 aliphatic heterocycles. The van der Waals surface area contributed by atoms with Crippen molar-refractivity contribution >= 4 is 16.9 Å². The number of carboxylic acids is 1. The van der Waals surface area contributed by atoms with Gasteiger partial charge in [-0.15, -0.1) is 0 Å². The normalized spacial score (nSPS) is 13.4. The topological polar surface area (TPSA) is 84.6 Å². The van der Waals surface area contributed by atoms with Gasteiger partial charge in [0, 0.05) is 43.3 Å². The summed E-state index contributed by atoms with van der Waals surface area (Å²) in [7, 11) is 1.90. The molecule has 0 bridgehead atoms. The number of aromatic hydroxyl groups is 1. The van der Waals surface area contributed by atoms with Crippen LogP contribution in [-0.4, -0.2) is 32.1 Å². The van der Waals surface area contributed by atoms with E-state index in [4.69, 9.17) is 9.84 Å². The van der Waals surface area contributed by atoms with E-state index in [-0.39, 0.29) is 24.7 Å². The number of carbonyl (C=O) groups is 1. The van der Waals surface area contributed by atoms with Crippen molar-refractivity contribution in [2.45, 2.75) is 31.8 Å². The summed E-state index contributed by atoms with van der Waals surface area (Å²) in [6.45, 7) is 0. The SMILES string of the molecule is Cn1ncc2cc(-c3cc(CCC(=O)O)c(O)cc3OC3Cc4ccccc4C3)ccc21. The van der Waals surface area contributed by atoms with Crippen LogP contribution in [0.1, 0.15) is 23.1 Å². The van der Waals surface area contributed by atoms with E-state index in [1.807, 2.05) is 54.3 Å². The number of aromatic nitrogens is 2. The van der Waals surface area contributed by atoms with Crippen molar-refractivity contribution in [2.24, 2.45) is 7.05 Å². The standard InChI is InChI=1S/C26H24N2O4/c1-28-23-8-6-18(10-20(23)15-27-28)22-13-19(7-9-26(30)31)24(29)14-25(22)32-21-11-16-4-2-3-5-17(16)12-21/h2-6,8,10,13-15,21,29H,7,9,11-12H2,1H3,(H,30,31). The number of benzene rings is 3. The number of ether oxygens (including phenoxy) is 1. The number of nitrogens with zero attached hydrogens (tertiary/aromatic N) is 2. The van der Waals surface area contributed by atoms with Gasteiger partial charge < -0.3 is 14.9 Å². The molecule has 3 aromatic carbocycles. The summed E-state index contributed by atoms with van der Waals surface area (Å²) in [5.41, 5.74) is 5.97. The fourth-order valence-corrected chi connectivity index (χ4v) is 4.49. The average molecular weight is 428 g/mol. The van der Waals surface area contributed by atoms with Crippen LogP contribution in [0.15, 0.2) is 60.8 Å². The number of hydrogen-bond donors (Lipinski definition) is 2. The molecule has 32 heavy (non-hydrogen) atoms. The Hall–Kier alpha value is -3.80. The van der Waals surface area contributed by atoms with Gasteiger partial charge in [-0.05, 0) is 46.9 Å². The maximum atomic E-state index is 11.1. The Morgan fingerprint density at radius 2 is 1.88 bits per heavy atom. The molecule has 162 valence electrons. The fourth-order valence-electron chi connectivity index (χ4n) is 4.49. The van der Waals surface area contributed by atoms with Crippen molar-refractivity contribution in [1.29, 1.82) is 0 Å². The smallest absolute Gasteiger partial charge is 0.303 e. The maximum absolute atomic E-state index is 11.1. The highest BCUT2D eigenvalue weighted by molar-refractivity contribution is 5.86. The molecule has 0 saturated carbocycles. The molecular formula is C26H24N2O4. The zero-order chi connectivity index (χ0) is 22.2. The van der Waals surface area contributed by atoms with Crippen LogP contribution in [0.4, 0.5) is 0 Å². The van der Waals surface area contributed by atoms with Gasteiger partial charge in [0.25, 0.3) is 0 Å². The monoisotopic (exact) mass is 428 g/mol. The van der Waals surface area contributed by atoms with Gasteiger partial charge in [0.1, 0.15) is 17.6 Å². The lowest BCUT2D eigenvalue weighted by molar-refractivity contribution is -0.136. The second-order valence-corrected chi connectivity index (χ2v) is 8.33. The molecule has 1 heterocycles. The molecule has 6 nitrogen and oxygen atoms in total. The molecule has 0 saturated heterocycles. The summed E-state index contributed by atoms with van der Waals surface area (Å²) in [5, 5.41) is 25.0. The lowest BCUT2D eigenvalue weighted by Gasteiger charge is -2.19. The summed E-state index contributed by atoms with van der Waals surface area (Å²) >= 11 is 0. The van der Waals surface area contributed by atoms with Gasteiger partial charge in [-0.1, -0.05) is 30.3 Å². The Morgan fingerprint density at radius 3 is 2.59 bits per heavy atom. The lowest BCUT2D eigenvalue weighted by atomic mass is 9.98. The van der Waals surface area contributed by atoms with Crippen molar-refractivity contribution in [3.8, 4) is 22.6 Å². The molecule has 0 unspecified atom stereocenters. The first kappa shape index (κ1) is 20.1. The third-order valence-electron chi connectivity index (χ3n) is 6.15. The Labute approximate surface area is 185 Å². The molecule has 6 heteroatoms. The van der Waals surface area contributed by atoms with E-state index in [2.05, 4.69) is 17.2 Å². The van der Waals surface area contributed by atoms with Crippen molar-refractivity contribution < 1.29 is 19.7 Å². The molecular weight excluding hydrogens is 404 g/mol. The first-order chi connectivity index (χ1) is 15.5. The highest BCUT2D eigenvalue weighted by Gasteiger charge is 2.24. The minimum atomic E-state index is -0.897. The van der Waals surface area contributed by atoms with E-state index in [9.17, 15) is 9.90 Å². The van der Waals surface area contributed by atoms with Crippen LogP contribution in [0.2, 0.25) is 0 Å². The van der Waals surface area contributed by atoms with Crippen LogP contribution in [0.3, 0.4) is 0 Å². The van der Waals surface area contributed by atoms with Crippen LogP contribution >= 0.6 is 0 Å². The molecule has 2 N–H and O–H groups in total. The van der Waals surface area contributed by atoms with Gasteiger partial charge in [0.05, 0.1) is 11.7 Å². The molecule has 0 fully saturated rings. The Balaban J connectivity index is 1.53. The van der Waals surface area contributed by atoms with E-state index in [1.54, 1.807) is 6.07 Å². The summed E-state index contributed by atoms with van der Waals surface area (Å²) < 4.78 is 8.25. The third-order valence-corrected chi connectivity index (χ3v) is 6.15. The number of phenolic OH excluding ortho intramolecular Hbond substituents is 1. The summed E-state index contributed by atoms with van der Waals surface area (Å²) in [4.78, 5) is 11.1. The van der Waals surface area contributed by atoms with E-state index in [1.165, 1.54) is 11.1 Å². The summed E-state index contributed by atoms with van der Waals surface area (Å²) in [6, 6.07) is 17.9. The molecule has 1 aliphatic carbocycles. The molecule has 0 amide bonds. The predicted molar refractivity (Wildman–Crippen MR) is 122 cm³/mol. The van der Waals surface area contributed by atoms with Crippen LogP contribution in [-0.2, 0) is 31.1 Å². The Bertz CT molecular complexity index is 1300. The number of rotatable bonds is 6. The highest BCUT2D eigenvalue weighted by Crippen LogP contribution is 2.39. The number of carboxylic acid groups (broad SMARTS) is 1. The number of phenols is 1. The average Bonchev–Trinajstić information content (AvgIpc) is 3.35. The zero-order valence-electron chi connectivity index (χ0n) is 17.8. The van der Waals surface area contributed by atoms with E-state index in [0.29, 0.717) is 11.3 Å². The predicted octanol–water partition coefficient (Wildman–Crippen LogP) is 4.51. The van der Waals surface area contributed by atoms with E-state index in [0.717, 1.165) is 34.9 Å². The molecule has 4 aromatic rings. The zero-order valence-corrected chi connectivity index (χ0v) is 17.8. The minimum absolute atomic E-state index is 0.0162. The number of fused-ring (bicyclic) bond motifs is 2. The van der Waals surface area contributed by atoms with Crippen molar-refractivity contribution in [3.05, 3.63) is 77.5 Å². The quantitative estimate of drug-likeness (QED) is 0.472. The molecule has 1 aromatic heterocycles. The van der Waals surface area contributed by atoms with Crippen molar-refractivity contribution in [1.82, 2.24) is 9.78 Å².